The van der Waals surface area contributed by atoms with Crippen LogP contribution in [0.15, 0.2) is 81.2 Å². The molecule has 3 aromatic rings. The molecule has 4 nitrogen and oxygen atoms in total. The molecule has 0 fully saturated rings. The van der Waals surface area contributed by atoms with Crippen molar-refractivity contribution in [1.82, 2.24) is 4.83 Å². The molecule has 0 aliphatic rings. The Morgan fingerprint density at radius 2 is 1.54 bits per heavy atom. The third kappa shape index (κ3) is 6.17. The summed E-state index contributed by atoms with van der Waals surface area (Å²) in [7, 11) is -3.53. The third-order valence-corrected chi connectivity index (χ3v) is 6.12. The molecular weight excluding hydrogens is 436 g/mol. The number of rotatable bonds is 5. The van der Waals surface area contributed by atoms with Gasteiger partial charge in [0.2, 0.25) is 0 Å². The molecule has 0 radical (unpaired) electrons. The predicted molar refractivity (Wildman–Crippen MR) is 121 cm³/mol. The molecule has 0 saturated heterocycles. The Bertz CT molecular complexity index is 1030. The fourth-order valence-corrected chi connectivity index (χ4v) is 3.85. The molecule has 0 aliphatic heterocycles. The number of nitrogens with one attached hydrogen (secondary N) is 1. The van der Waals surface area contributed by atoms with Gasteiger partial charge in [-0.15, -0.1) is 0 Å². The Kier molecular flexibility index (Phi) is 8.20. The summed E-state index contributed by atoms with van der Waals surface area (Å²) in [5, 5.41) is 6.46. The average molecular weight is 461 g/mol. The van der Waals surface area contributed by atoms with Gasteiger partial charge >= 0.3 is 0 Å². The molecule has 0 saturated carbocycles. The fourth-order valence-electron chi connectivity index (χ4n) is 2.49. The van der Waals surface area contributed by atoms with Crippen molar-refractivity contribution in [2.75, 3.05) is 0 Å². The Labute approximate surface area is 175 Å². The van der Waals surface area contributed by atoms with E-state index in [1.807, 2.05) is 32.9 Å². The molecule has 0 aliphatic carbocycles. The van der Waals surface area contributed by atoms with E-state index in [0.29, 0.717) is 0 Å². The first-order valence-electron chi connectivity index (χ1n) is 9.14. The summed E-state index contributed by atoms with van der Waals surface area (Å²) in [6, 6.07) is 21.2. The van der Waals surface area contributed by atoms with Crippen molar-refractivity contribution in [2.45, 2.75) is 38.5 Å². The zero-order valence-electron chi connectivity index (χ0n) is 16.3. The van der Waals surface area contributed by atoms with Crippen molar-refractivity contribution in [3.05, 3.63) is 76.8 Å². The molecule has 148 valence electrons. The standard InChI is InChI=1S/C12H18N2O2S.C10H7Br/c1-4-11(5-2)13-14-17(15,16)12-8-6-10(3)7-9-12;11-10-7-3-5-8-4-1-2-6-9(8)10/h6-9,14H,4-5H2,1-3H3;1-7H. The number of hydrazone groups is 1. The molecule has 0 unspecified atom stereocenters. The lowest BCUT2D eigenvalue weighted by Gasteiger charge is -2.05. The number of hydrogen-bond acceptors (Lipinski definition) is 3. The molecule has 0 heterocycles. The second kappa shape index (κ2) is 10.4. The summed E-state index contributed by atoms with van der Waals surface area (Å²) >= 11 is 3.50. The normalized spacial score (nSPS) is 10.7. The first kappa shape index (κ1) is 22.1. The van der Waals surface area contributed by atoms with Crippen molar-refractivity contribution >= 4 is 42.4 Å². The maximum atomic E-state index is 11.9. The van der Waals surface area contributed by atoms with Crippen molar-refractivity contribution in [2.24, 2.45) is 5.10 Å². The highest BCUT2D eigenvalue weighted by Gasteiger charge is 2.12. The summed E-state index contributed by atoms with van der Waals surface area (Å²) in [6.45, 7) is 5.80. The zero-order chi connectivity index (χ0) is 20.6. The Morgan fingerprint density at radius 1 is 0.929 bits per heavy atom. The lowest BCUT2D eigenvalue weighted by Crippen LogP contribution is -2.20. The van der Waals surface area contributed by atoms with Gasteiger partial charge in [-0.2, -0.15) is 13.5 Å². The fraction of sp³-hybridized carbons (Fsp3) is 0.227. The van der Waals surface area contributed by atoms with Gasteiger partial charge in [0.15, 0.2) is 0 Å². The predicted octanol–water partition coefficient (Wildman–Crippen LogP) is 6.05. The van der Waals surface area contributed by atoms with Gasteiger partial charge in [0.05, 0.1) is 4.90 Å². The maximum Gasteiger partial charge on any atom is 0.276 e. The van der Waals surface area contributed by atoms with Crippen LogP contribution in [0.4, 0.5) is 0 Å². The van der Waals surface area contributed by atoms with E-state index >= 15 is 0 Å². The lowest BCUT2D eigenvalue weighted by molar-refractivity contribution is 0.584. The Balaban J connectivity index is 0.000000218. The highest BCUT2D eigenvalue weighted by Crippen LogP contribution is 2.22. The van der Waals surface area contributed by atoms with E-state index in [-0.39, 0.29) is 4.90 Å². The molecule has 1 N–H and O–H groups in total. The van der Waals surface area contributed by atoms with Gasteiger partial charge in [0, 0.05) is 10.2 Å². The lowest BCUT2D eigenvalue weighted by atomic mass is 10.1. The van der Waals surface area contributed by atoms with Gasteiger partial charge in [-0.3, -0.25) is 0 Å². The summed E-state index contributed by atoms with van der Waals surface area (Å²) in [5.41, 5.74) is 1.86. The van der Waals surface area contributed by atoms with Crippen LogP contribution in [0.25, 0.3) is 10.8 Å². The average Bonchev–Trinajstić information content (AvgIpc) is 2.70. The molecular formula is C22H25BrN2O2S. The van der Waals surface area contributed by atoms with E-state index < -0.39 is 10.0 Å². The minimum absolute atomic E-state index is 0.235. The number of benzene rings is 3. The molecule has 3 rings (SSSR count). The van der Waals surface area contributed by atoms with Crippen molar-refractivity contribution in [1.29, 1.82) is 0 Å². The van der Waals surface area contributed by atoms with E-state index in [1.54, 1.807) is 24.3 Å². The van der Waals surface area contributed by atoms with Crippen molar-refractivity contribution in [3.8, 4) is 0 Å². The maximum absolute atomic E-state index is 11.9. The van der Waals surface area contributed by atoms with Crippen LogP contribution in [-0.4, -0.2) is 14.1 Å². The minimum Gasteiger partial charge on any atom is -0.200 e. The van der Waals surface area contributed by atoms with Gasteiger partial charge in [0.1, 0.15) is 0 Å². The van der Waals surface area contributed by atoms with Crippen LogP contribution in [-0.2, 0) is 10.0 Å². The zero-order valence-corrected chi connectivity index (χ0v) is 18.7. The van der Waals surface area contributed by atoms with Crippen LogP contribution < -0.4 is 4.83 Å². The molecule has 3 aromatic carbocycles. The Morgan fingerprint density at radius 3 is 2.14 bits per heavy atom. The van der Waals surface area contributed by atoms with Crippen LogP contribution >= 0.6 is 15.9 Å². The summed E-state index contributed by atoms with van der Waals surface area (Å²) in [6.07, 6.45) is 1.49. The van der Waals surface area contributed by atoms with E-state index in [9.17, 15) is 8.42 Å². The second-order valence-electron chi connectivity index (χ2n) is 6.25. The number of fused-ring (bicyclic) bond motifs is 1. The number of aryl methyl sites for hydroxylation is 1. The smallest absolute Gasteiger partial charge is 0.200 e. The number of nitrogens with zero attached hydrogens (tertiary/aromatic N) is 1. The number of sulfonamides is 1. The van der Waals surface area contributed by atoms with Crippen LogP contribution in [0.2, 0.25) is 0 Å². The van der Waals surface area contributed by atoms with Gasteiger partial charge < -0.3 is 0 Å². The SMILES string of the molecule is Brc1cccc2ccccc12.CCC(CC)=NNS(=O)(=O)c1ccc(C)cc1. The molecule has 0 spiro atoms. The number of hydrogen-bond donors (Lipinski definition) is 1. The first-order chi connectivity index (χ1) is 13.4. The highest BCUT2D eigenvalue weighted by atomic mass is 79.9. The topological polar surface area (TPSA) is 58.5 Å². The van der Waals surface area contributed by atoms with Gasteiger partial charge in [-0.1, -0.05) is 83.9 Å². The largest absolute Gasteiger partial charge is 0.276 e. The van der Waals surface area contributed by atoms with Crippen molar-refractivity contribution in [3.63, 3.8) is 0 Å². The second-order valence-corrected chi connectivity index (χ2v) is 8.77. The molecule has 0 aromatic heterocycles. The van der Waals surface area contributed by atoms with E-state index in [4.69, 9.17) is 0 Å². The van der Waals surface area contributed by atoms with Crippen LogP contribution in [0.5, 0.6) is 0 Å². The first-order valence-corrected chi connectivity index (χ1v) is 11.4. The van der Waals surface area contributed by atoms with E-state index in [2.05, 4.69) is 56.2 Å². The third-order valence-electron chi connectivity index (χ3n) is 4.21. The Hall–Kier alpha value is -2.18. The van der Waals surface area contributed by atoms with Crippen LogP contribution in [0.1, 0.15) is 32.3 Å². The molecule has 0 bridgehead atoms. The number of halogens is 1. The van der Waals surface area contributed by atoms with Crippen LogP contribution in [0.3, 0.4) is 0 Å². The minimum atomic E-state index is -3.53. The van der Waals surface area contributed by atoms with Gasteiger partial charge in [-0.25, -0.2) is 4.83 Å². The molecule has 28 heavy (non-hydrogen) atoms. The van der Waals surface area contributed by atoms with Gasteiger partial charge in [-0.05, 0) is 48.7 Å². The molecule has 0 amide bonds. The summed E-state index contributed by atoms with van der Waals surface area (Å²) in [5.74, 6) is 0. The van der Waals surface area contributed by atoms with E-state index in [1.165, 1.54) is 10.8 Å². The molecule has 6 heteroatoms. The van der Waals surface area contributed by atoms with Crippen LogP contribution in [0, 0.1) is 6.92 Å². The summed E-state index contributed by atoms with van der Waals surface area (Å²) in [4.78, 5) is 2.49. The summed E-state index contributed by atoms with van der Waals surface area (Å²) < 4.78 is 24.9. The monoisotopic (exact) mass is 460 g/mol. The quantitative estimate of drug-likeness (QED) is 0.371. The van der Waals surface area contributed by atoms with Crippen molar-refractivity contribution < 1.29 is 8.42 Å². The molecule has 0 atom stereocenters. The van der Waals surface area contributed by atoms with Gasteiger partial charge in [0.25, 0.3) is 10.0 Å². The van der Waals surface area contributed by atoms with E-state index in [0.717, 1.165) is 28.6 Å². The highest BCUT2D eigenvalue weighted by molar-refractivity contribution is 9.10.